The zero-order valence-electron chi connectivity index (χ0n) is 10.4. The van der Waals surface area contributed by atoms with Crippen LogP contribution in [0.1, 0.15) is 18.4 Å². The average molecular weight is 239 g/mol. The van der Waals surface area contributed by atoms with Crippen molar-refractivity contribution in [2.75, 3.05) is 11.9 Å². The quantitative estimate of drug-likeness (QED) is 0.892. The molecular formula is C15H17N3. The predicted molar refractivity (Wildman–Crippen MR) is 72.6 cm³/mol. The van der Waals surface area contributed by atoms with Crippen LogP contribution in [-0.4, -0.2) is 16.1 Å². The zero-order valence-corrected chi connectivity index (χ0v) is 10.4. The highest BCUT2D eigenvalue weighted by molar-refractivity contribution is 5.79. The van der Waals surface area contributed by atoms with Gasteiger partial charge in [-0.1, -0.05) is 18.2 Å². The standard InChI is InChI=1S/C15H17N3/c1-2-12-6-7-17-15(12)13(3-1)14-8-16-10-18(14)9-11-4-5-11/h1-3,8,10-11,17H,4-7,9H2. The van der Waals surface area contributed by atoms with E-state index in [9.17, 15) is 0 Å². The molecule has 2 heterocycles. The van der Waals surface area contributed by atoms with Crippen LogP contribution < -0.4 is 5.32 Å². The Bertz CT molecular complexity index is 581. The van der Waals surface area contributed by atoms with E-state index in [2.05, 4.69) is 33.1 Å². The molecule has 0 bridgehead atoms. The maximum absolute atomic E-state index is 4.34. The molecule has 92 valence electrons. The van der Waals surface area contributed by atoms with Gasteiger partial charge in [-0.25, -0.2) is 4.98 Å². The molecule has 3 nitrogen and oxygen atoms in total. The Balaban J connectivity index is 1.78. The van der Waals surface area contributed by atoms with Gasteiger partial charge in [0.25, 0.3) is 0 Å². The van der Waals surface area contributed by atoms with Crippen molar-refractivity contribution in [3.05, 3.63) is 36.3 Å². The highest BCUT2D eigenvalue weighted by Gasteiger charge is 2.24. The number of rotatable bonds is 3. The second-order valence-electron chi connectivity index (χ2n) is 5.39. The fourth-order valence-electron chi connectivity index (χ4n) is 2.82. The summed E-state index contributed by atoms with van der Waals surface area (Å²) in [6.45, 7) is 2.18. The molecule has 0 spiro atoms. The number of hydrogen-bond acceptors (Lipinski definition) is 2. The fraction of sp³-hybridized carbons (Fsp3) is 0.400. The van der Waals surface area contributed by atoms with Crippen molar-refractivity contribution >= 4 is 5.69 Å². The summed E-state index contributed by atoms with van der Waals surface area (Å²) in [5.74, 6) is 0.877. The van der Waals surface area contributed by atoms with E-state index >= 15 is 0 Å². The smallest absolute Gasteiger partial charge is 0.0951 e. The molecule has 3 heteroatoms. The van der Waals surface area contributed by atoms with Gasteiger partial charge in [0.05, 0.1) is 18.2 Å². The molecule has 1 fully saturated rings. The minimum absolute atomic E-state index is 0.877. The lowest BCUT2D eigenvalue weighted by Crippen LogP contribution is -2.01. The molecule has 0 radical (unpaired) electrons. The molecule has 1 aromatic carbocycles. The van der Waals surface area contributed by atoms with Crippen LogP contribution in [0.15, 0.2) is 30.7 Å². The second kappa shape index (κ2) is 3.87. The summed E-state index contributed by atoms with van der Waals surface area (Å²) in [6.07, 6.45) is 7.87. The fourth-order valence-corrected chi connectivity index (χ4v) is 2.82. The third-order valence-corrected chi connectivity index (χ3v) is 3.99. The van der Waals surface area contributed by atoms with Gasteiger partial charge in [0, 0.05) is 24.3 Å². The van der Waals surface area contributed by atoms with Crippen molar-refractivity contribution in [1.82, 2.24) is 9.55 Å². The number of fused-ring (bicyclic) bond motifs is 1. The van der Waals surface area contributed by atoms with Gasteiger partial charge in [-0.15, -0.1) is 0 Å². The van der Waals surface area contributed by atoms with Crippen LogP contribution in [0.5, 0.6) is 0 Å². The summed E-state index contributed by atoms with van der Waals surface area (Å²) in [6, 6.07) is 6.59. The van der Waals surface area contributed by atoms with Crippen LogP contribution >= 0.6 is 0 Å². The topological polar surface area (TPSA) is 29.9 Å². The summed E-state index contributed by atoms with van der Waals surface area (Å²) >= 11 is 0. The van der Waals surface area contributed by atoms with E-state index in [0.717, 1.165) is 25.4 Å². The van der Waals surface area contributed by atoms with Gasteiger partial charge in [0.1, 0.15) is 0 Å². The molecule has 1 aliphatic carbocycles. The number of hydrogen-bond donors (Lipinski definition) is 1. The monoisotopic (exact) mass is 239 g/mol. The minimum atomic E-state index is 0.877. The lowest BCUT2D eigenvalue weighted by Gasteiger charge is -2.11. The van der Waals surface area contributed by atoms with Gasteiger partial charge in [0.15, 0.2) is 0 Å². The molecule has 18 heavy (non-hydrogen) atoms. The Labute approximate surface area is 107 Å². The number of imidazole rings is 1. The molecule has 2 aromatic rings. The Morgan fingerprint density at radius 2 is 2.28 bits per heavy atom. The second-order valence-corrected chi connectivity index (χ2v) is 5.39. The number of nitrogens with one attached hydrogen (secondary N) is 1. The van der Waals surface area contributed by atoms with Crippen LogP contribution in [-0.2, 0) is 13.0 Å². The molecule has 1 N–H and O–H groups in total. The maximum atomic E-state index is 4.34. The summed E-state index contributed by atoms with van der Waals surface area (Å²) in [7, 11) is 0. The van der Waals surface area contributed by atoms with E-state index in [1.807, 2.05) is 12.5 Å². The third-order valence-electron chi connectivity index (χ3n) is 3.99. The van der Waals surface area contributed by atoms with E-state index in [0.29, 0.717) is 0 Å². The van der Waals surface area contributed by atoms with Crippen LogP contribution in [0.25, 0.3) is 11.3 Å². The highest BCUT2D eigenvalue weighted by Crippen LogP contribution is 2.36. The van der Waals surface area contributed by atoms with Crippen LogP contribution in [0.2, 0.25) is 0 Å². The van der Waals surface area contributed by atoms with Gasteiger partial charge in [-0.3, -0.25) is 0 Å². The first kappa shape index (κ1) is 10.2. The predicted octanol–water partition coefficient (Wildman–Crippen LogP) is 2.93. The zero-order chi connectivity index (χ0) is 11.9. The molecule has 2 aliphatic rings. The van der Waals surface area contributed by atoms with E-state index in [4.69, 9.17) is 0 Å². The minimum Gasteiger partial charge on any atom is -0.384 e. The van der Waals surface area contributed by atoms with E-state index in [1.165, 1.54) is 35.3 Å². The summed E-state index contributed by atoms with van der Waals surface area (Å²) in [4.78, 5) is 4.34. The van der Waals surface area contributed by atoms with Gasteiger partial charge < -0.3 is 9.88 Å². The van der Waals surface area contributed by atoms with E-state index < -0.39 is 0 Å². The van der Waals surface area contributed by atoms with Gasteiger partial charge >= 0.3 is 0 Å². The Kier molecular flexibility index (Phi) is 2.19. The Morgan fingerprint density at radius 3 is 3.17 bits per heavy atom. The molecule has 1 aliphatic heterocycles. The Hall–Kier alpha value is -1.77. The summed E-state index contributed by atoms with van der Waals surface area (Å²) in [5.41, 5.74) is 5.32. The van der Waals surface area contributed by atoms with Gasteiger partial charge in [0.2, 0.25) is 0 Å². The lowest BCUT2D eigenvalue weighted by atomic mass is 10.1. The largest absolute Gasteiger partial charge is 0.384 e. The highest BCUT2D eigenvalue weighted by atomic mass is 15.1. The van der Waals surface area contributed by atoms with Crippen molar-refractivity contribution in [2.45, 2.75) is 25.8 Å². The molecule has 1 aromatic heterocycles. The van der Waals surface area contributed by atoms with Crippen LogP contribution in [0, 0.1) is 5.92 Å². The molecule has 0 amide bonds. The molecule has 0 saturated heterocycles. The first-order valence-corrected chi connectivity index (χ1v) is 6.78. The van der Waals surface area contributed by atoms with E-state index in [1.54, 1.807) is 0 Å². The molecule has 0 unspecified atom stereocenters. The lowest BCUT2D eigenvalue weighted by molar-refractivity contribution is 0.631. The van der Waals surface area contributed by atoms with Crippen molar-refractivity contribution in [3.8, 4) is 11.3 Å². The number of para-hydroxylation sites is 1. The Morgan fingerprint density at radius 1 is 1.33 bits per heavy atom. The van der Waals surface area contributed by atoms with Crippen molar-refractivity contribution < 1.29 is 0 Å². The van der Waals surface area contributed by atoms with Crippen molar-refractivity contribution in [3.63, 3.8) is 0 Å². The summed E-state index contributed by atoms with van der Waals surface area (Å²) < 4.78 is 2.31. The van der Waals surface area contributed by atoms with Gasteiger partial charge in [-0.2, -0.15) is 0 Å². The van der Waals surface area contributed by atoms with Crippen LogP contribution in [0.3, 0.4) is 0 Å². The number of nitrogens with zero attached hydrogens (tertiary/aromatic N) is 2. The molecular weight excluding hydrogens is 222 g/mol. The third kappa shape index (κ3) is 1.62. The SMILES string of the molecule is c1cc2c(c(-c3cncn3CC3CC3)c1)NCC2. The number of aromatic nitrogens is 2. The number of anilines is 1. The molecule has 1 saturated carbocycles. The van der Waals surface area contributed by atoms with E-state index in [-0.39, 0.29) is 0 Å². The molecule has 4 rings (SSSR count). The molecule has 0 atom stereocenters. The van der Waals surface area contributed by atoms with Crippen molar-refractivity contribution in [1.29, 1.82) is 0 Å². The van der Waals surface area contributed by atoms with Crippen LogP contribution in [0.4, 0.5) is 5.69 Å². The first-order chi connectivity index (χ1) is 8.92. The maximum Gasteiger partial charge on any atom is 0.0951 e. The first-order valence-electron chi connectivity index (χ1n) is 6.78. The normalized spacial score (nSPS) is 17.6. The average Bonchev–Trinajstić information content (AvgIpc) is 2.91. The summed E-state index contributed by atoms with van der Waals surface area (Å²) in [5, 5.41) is 3.51. The van der Waals surface area contributed by atoms with Gasteiger partial charge in [-0.05, 0) is 30.7 Å². The number of benzene rings is 1. The van der Waals surface area contributed by atoms with Crippen molar-refractivity contribution in [2.24, 2.45) is 5.92 Å².